The van der Waals surface area contributed by atoms with Gasteiger partial charge >= 0.3 is 5.97 Å². The van der Waals surface area contributed by atoms with Gasteiger partial charge in [0.25, 0.3) is 0 Å². The molecule has 3 heteroatoms. The molecule has 0 heterocycles. The molecular formula is C19H16O3. The van der Waals surface area contributed by atoms with E-state index in [-0.39, 0.29) is 12.4 Å². The van der Waals surface area contributed by atoms with Gasteiger partial charge in [0, 0.05) is 21.9 Å². The molecule has 0 aliphatic rings. The number of phenolic OH excluding ortho intramolecular Hbond substituents is 1. The maximum absolute atomic E-state index is 11.7. The Morgan fingerprint density at radius 1 is 1.00 bits per heavy atom. The SMILES string of the molecule is C=C(C)C(=O)OCc1c2ccccc2c(O)c2ccccc12. The summed E-state index contributed by atoms with van der Waals surface area (Å²) in [5, 5.41) is 13.7. The fourth-order valence-corrected chi connectivity index (χ4v) is 2.61. The van der Waals surface area contributed by atoms with Crippen molar-refractivity contribution in [3.05, 3.63) is 66.2 Å². The Morgan fingerprint density at radius 3 is 1.91 bits per heavy atom. The summed E-state index contributed by atoms with van der Waals surface area (Å²) < 4.78 is 5.33. The van der Waals surface area contributed by atoms with Gasteiger partial charge in [-0.15, -0.1) is 0 Å². The molecule has 22 heavy (non-hydrogen) atoms. The Balaban J connectivity index is 2.23. The summed E-state index contributed by atoms with van der Waals surface area (Å²) in [6, 6.07) is 15.1. The third-order valence-electron chi connectivity index (χ3n) is 3.71. The predicted octanol–water partition coefficient (Wildman–Crippen LogP) is 4.32. The van der Waals surface area contributed by atoms with Crippen molar-refractivity contribution in [3.8, 4) is 5.75 Å². The van der Waals surface area contributed by atoms with Crippen LogP contribution >= 0.6 is 0 Å². The van der Waals surface area contributed by atoms with Crippen molar-refractivity contribution < 1.29 is 14.6 Å². The maximum atomic E-state index is 11.7. The van der Waals surface area contributed by atoms with E-state index in [1.165, 1.54) is 0 Å². The van der Waals surface area contributed by atoms with Gasteiger partial charge in [-0.3, -0.25) is 0 Å². The van der Waals surface area contributed by atoms with E-state index in [0.29, 0.717) is 5.57 Å². The van der Waals surface area contributed by atoms with E-state index in [0.717, 1.165) is 27.1 Å². The lowest BCUT2D eigenvalue weighted by Crippen LogP contribution is -2.05. The van der Waals surface area contributed by atoms with Crippen LogP contribution in [-0.2, 0) is 16.1 Å². The molecule has 3 aromatic rings. The van der Waals surface area contributed by atoms with E-state index < -0.39 is 5.97 Å². The second-order valence-corrected chi connectivity index (χ2v) is 5.27. The first-order chi connectivity index (χ1) is 10.6. The van der Waals surface area contributed by atoms with Gasteiger partial charge in [-0.25, -0.2) is 4.79 Å². The lowest BCUT2D eigenvalue weighted by molar-refractivity contribution is -0.140. The van der Waals surface area contributed by atoms with Crippen molar-refractivity contribution in [2.75, 3.05) is 0 Å². The standard InChI is InChI=1S/C19H16O3/c1-12(2)19(21)22-11-17-13-7-3-5-9-15(13)18(20)16-10-6-4-8-14(16)17/h3-10,20H,1,11H2,2H3. The maximum Gasteiger partial charge on any atom is 0.333 e. The topological polar surface area (TPSA) is 46.5 Å². The molecular weight excluding hydrogens is 276 g/mol. The van der Waals surface area contributed by atoms with Crippen molar-refractivity contribution in [1.29, 1.82) is 0 Å². The Kier molecular flexibility index (Phi) is 3.55. The molecule has 0 saturated carbocycles. The summed E-state index contributed by atoms with van der Waals surface area (Å²) in [5.74, 6) is -0.164. The fourth-order valence-electron chi connectivity index (χ4n) is 2.61. The number of esters is 1. The summed E-state index contributed by atoms with van der Waals surface area (Å²) in [4.78, 5) is 11.7. The van der Waals surface area contributed by atoms with Gasteiger partial charge in [0.2, 0.25) is 0 Å². The van der Waals surface area contributed by atoms with Crippen LogP contribution < -0.4 is 0 Å². The number of fused-ring (bicyclic) bond motifs is 2. The van der Waals surface area contributed by atoms with Crippen LogP contribution in [0.3, 0.4) is 0 Å². The average molecular weight is 292 g/mol. The molecule has 0 fully saturated rings. The second-order valence-electron chi connectivity index (χ2n) is 5.27. The summed E-state index contributed by atoms with van der Waals surface area (Å²) in [7, 11) is 0. The largest absolute Gasteiger partial charge is 0.507 e. The zero-order chi connectivity index (χ0) is 15.7. The van der Waals surface area contributed by atoms with Crippen LogP contribution in [0.4, 0.5) is 0 Å². The molecule has 0 unspecified atom stereocenters. The number of aromatic hydroxyl groups is 1. The number of ether oxygens (including phenoxy) is 1. The van der Waals surface area contributed by atoms with Gasteiger partial charge in [-0.2, -0.15) is 0 Å². The third kappa shape index (κ3) is 2.31. The molecule has 3 rings (SSSR count). The lowest BCUT2D eigenvalue weighted by atomic mass is 9.96. The smallest absolute Gasteiger partial charge is 0.333 e. The molecule has 0 bridgehead atoms. The minimum absolute atomic E-state index is 0.146. The van der Waals surface area contributed by atoms with E-state index >= 15 is 0 Å². The molecule has 110 valence electrons. The van der Waals surface area contributed by atoms with Crippen LogP contribution in [0.2, 0.25) is 0 Å². The van der Waals surface area contributed by atoms with Gasteiger partial charge < -0.3 is 9.84 Å². The molecule has 3 aromatic carbocycles. The van der Waals surface area contributed by atoms with E-state index in [4.69, 9.17) is 4.74 Å². The molecule has 0 radical (unpaired) electrons. The van der Waals surface area contributed by atoms with E-state index in [1.54, 1.807) is 6.92 Å². The summed E-state index contributed by atoms with van der Waals surface area (Å²) in [6.45, 7) is 5.36. The van der Waals surface area contributed by atoms with Crippen molar-refractivity contribution in [2.45, 2.75) is 13.5 Å². The zero-order valence-corrected chi connectivity index (χ0v) is 12.3. The molecule has 0 spiro atoms. The monoisotopic (exact) mass is 292 g/mol. The van der Waals surface area contributed by atoms with Crippen LogP contribution in [0.15, 0.2) is 60.7 Å². The fraction of sp³-hybridized carbons (Fsp3) is 0.105. The van der Waals surface area contributed by atoms with Crippen LogP contribution in [0.5, 0.6) is 5.75 Å². The van der Waals surface area contributed by atoms with Crippen LogP contribution in [0.1, 0.15) is 12.5 Å². The minimum atomic E-state index is -0.416. The van der Waals surface area contributed by atoms with Gasteiger partial charge in [-0.1, -0.05) is 55.1 Å². The highest BCUT2D eigenvalue weighted by Crippen LogP contribution is 2.37. The number of carbonyl (C=O) groups is 1. The predicted molar refractivity (Wildman–Crippen MR) is 87.7 cm³/mol. The highest BCUT2D eigenvalue weighted by Gasteiger charge is 2.14. The quantitative estimate of drug-likeness (QED) is 0.444. The number of hydrogen-bond acceptors (Lipinski definition) is 3. The van der Waals surface area contributed by atoms with E-state index in [1.807, 2.05) is 48.5 Å². The van der Waals surface area contributed by atoms with E-state index in [9.17, 15) is 9.90 Å². The summed E-state index contributed by atoms with van der Waals surface area (Å²) >= 11 is 0. The number of benzene rings is 3. The summed E-state index contributed by atoms with van der Waals surface area (Å²) in [5.41, 5.74) is 1.26. The number of phenols is 1. The number of rotatable bonds is 3. The van der Waals surface area contributed by atoms with Gasteiger partial charge in [-0.05, 0) is 17.7 Å². The minimum Gasteiger partial charge on any atom is -0.507 e. The first kappa shape index (κ1) is 14.1. The van der Waals surface area contributed by atoms with Crippen LogP contribution in [0, 0.1) is 0 Å². The molecule has 0 amide bonds. The van der Waals surface area contributed by atoms with Crippen molar-refractivity contribution in [3.63, 3.8) is 0 Å². The van der Waals surface area contributed by atoms with Crippen LogP contribution in [0.25, 0.3) is 21.5 Å². The van der Waals surface area contributed by atoms with Crippen molar-refractivity contribution >= 4 is 27.5 Å². The Bertz CT molecular complexity index is 837. The van der Waals surface area contributed by atoms with Gasteiger partial charge in [0.05, 0.1) is 0 Å². The second kappa shape index (κ2) is 5.53. The highest BCUT2D eigenvalue weighted by molar-refractivity contribution is 6.08. The Hall–Kier alpha value is -2.81. The highest BCUT2D eigenvalue weighted by atomic mass is 16.5. The van der Waals surface area contributed by atoms with Gasteiger partial charge in [0.15, 0.2) is 0 Å². The number of hydrogen-bond donors (Lipinski definition) is 1. The molecule has 0 saturated heterocycles. The van der Waals surface area contributed by atoms with E-state index in [2.05, 4.69) is 6.58 Å². The normalized spacial score (nSPS) is 10.8. The molecule has 0 aromatic heterocycles. The van der Waals surface area contributed by atoms with Crippen LogP contribution in [-0.4, -0.2) is 11.1 Å². The average Bonchev–Trinajstić information content (AvgIpc) is 2.54. The molecule has 1 N–H and O–H groups in total. The summed E-state index contributed by atoms with van der Waals surface area (Å²) in [6.07, 6.45) is 0. The van der Waals surface area contributed by atoms with Gasteiger partial charge in [0.1, 0.15) is 12.4 Å². The Labute approximate surface area is 128 Å². The third-order valence-corrected chi connectivity index (χ3v) is 3.71. The first-order valence-electron chi connectivity index (χ1n) is 7.03. The number of carbonyl (C=O) groups excluding carboxylic acids is 1. The molecule has 0 aliphatic heterocycles. The molecule has 0 aliphatic carbocycles. The van der Waals surface area contributed by atoms with Crippen molar-refractivity contribution in [1.82, 2.24) is 0 Å². The lowest BCUT2D eigenvalue weighted by Gasteiger charge is -2.14. The molecule has 0 atom stereocenters. The Morgan fingerprint density at radius 2 is 1.45 bits per heavy atom. The zero-order valence-electron chi connectivity index (χ0n) is 12.3. The molecule has 3 nitrogen and oxygen atoms in total. The first-order valence-corrected chi connectivity index (χ1v) is 7.03. The van der Waals surface area contributed by atoms with Crippen molar-refractivity contribution in [2.24, 2.45) is 0 Å².